The van der Waals surface area contributed by atoms with Crippen LogP contribution in [0.15, 0.2) is 12.1 Å². The lowest BCUT2D eigenvalue weighted by Gasteiger charge is -2.39. The SMILES string of the molecule is CC(CC[N+]1(C)CCCc2c(N)ccc(O)c21)S(=O)(=O)O. The van der Waals surface area contributed by atoms with E-state index in [4.69, 9.17) is 10.3 Å². The third-order valence-electron chi connectivity index (χ3n) is 4.45. The highest BCUT2D eigenvalue weighted by Gasteiger charge is 2.36. The summed E-state index contributed by atoms with van der Waals surface area (Å²) in [6.45, 7) is 2.82. The highest BCUT2D eigenvalue weighted by atomic mass is 32.2. The van der Waals surface area contributed by atoms with Crippen LogP contribution in [-0.2, 0) is 16.5 Å². The van der Waals surface area contributed by atoms with Gasteiger partial charge in [-0.1, -0.05) is 0 Å². The van der Waals surface area contributed by atoms with Crippen LogP contribution < -0.4 is 10.2 Å². The van der Waals surface area contributed by atoms with E-state index >= 15 is 0 Å². The number of nitrogen functional groups attached to an aromatic ring is 1. The van der Waals surface area contributed by atoms with Gasteiger partial charge in [0.25, 0.3) is 10.1 Å². The van der Waals surface area contributed by atoms with Crippen LogP contribution in [-0.4, -0.2) is 43.5 Å². The molecule has 0 spiro atoms. The highest BCUT2D eigenvalue weighted by Crippen LogP contribution is 2.42. The van der Waals surface area contributed by atoms with Crippen LogP contribution in [0.5, 0.6) is 5.75 Å². The lowest BCUT2D eigenvalue weighted by atomic mass is 9.96. The molecule has 0 radical (unpaired) electrons. The number of rotatable bonds is 4. The fourth-order valence-electron chi connectivity index (χ4n) is 3.06. The minimum atomic E-state index is -4.02. The minimum Gasteiger partial charge on any atom is -0.503 e. The number of quaternary nitrogens is 1. The number of phenolic OH excluding ortho intramolecular Hbond substituents is 1. The molecule has 118 valence electrons. The van der Waals surface area contributed by atoms with Crippen molar-refractivity contribution in [1.82, 2.24) is 4.48 Å². The number of nitrogens with zero attached hydrogens (tertiary/aromatic N) is 1. The quantitative estimate of drug-likeness (QED) is 0.338. The summed E-state index contributed by atoms with van der Waals surface area (Å²) in [5, 5.41) is 9.38. The molecule has 0 fully saturated rings. The van der Waals surface area contributed by atoms with Crippen molar-refractivity contribution in [3.8, 4) is 5.75 Å². The first kappa shape index (κ1) is 16.1. The number of anilines is 1. The van der Waals surface area contributed by atoms with Gasteiger partial charge in [-0.25, -0.2) is 0 Å². The number of nitrogens with two attached hydrogens (primary N) is 1. The molecule has 1 aromatic carbocycles. The van der Waals surface area contributed by atoms with E-state index in [1.165, 1.54) is 6.92 Å². The predicted molar refractivity (Wildman–Crippen MR) is 83.9 cm³/mol. The van der Waals surface area contributed by atoms with E-state index in [1.54, 1.807) is 12.1 Å². The van der Waals surface area contributed by atoms with Gasteiger partial charge in [-0.2, -0.15) is 8.42 Å². The van der Waals surface area contributed by atoms with Crippen molar-refractivity contribution in [3.63, 3.8) is 0 Å². The summed E-state index contributed by atoms with van der Waals surface area (Å²) in [7, 11) is -2.06. The Morgan fingerprint density at radius 3 is 2.71 bits per heavy atom. The van der Waals surface area contributed by atoms with Crippen molar-refractivity contribution < 1.29 is 18.1 Å². The molecular formula is C14H23N2O4S+. The molecule has 0 saturated carbocycles. The van der Waals surface area contributed by atoms with Gasteiger partial charge in [0.05, 0.1) is 25.4 Å². The Labute approximate surface area is 125 Å². The summed E-state index contributed by atoms with van der Waals surface area (Å²) < 4.78 is 31.8. The van der Waals surface area contributed by atoms with E-state index in [2.05, 4.69) is 0 Å². The molecule has 4 N–H and O–H groups in total. The van der Waals surface area contributed by atoms with Gasteiger partial charge in [-0.3, -0.25) is 9.04 Å². The van der Waals surface area contributed by atoms with Crippen molar-refractivity contribution >= 4 is 21.5 Å². The van der Waals surface area contributed by atoms with Crippen molar-refractivity contribution in [2.75, 3.05) is 25.9 Å². The summed E-state index contributed by atoms with van der Waals surface area (Å²) in [6, 6.07) is 3.28. The average molecular weight is 315 g/mol. The zero-order valence-electron chi connectivity index (χ0n) is 12.4. The van der Waals surface area contributed by atoms with Crippen molar-refractivity contribution in [2.24, 2.45) is 0 Å². The topological polar surface area (TPSA) is 101 Å². The van der Waals surface area contributed by atoms with Gasteiger partial charge in [0, 0.05) is 24.1 Å². The van der Waals surface area contributed by atoms with Gasteiger partial charge in [0.1, 0.15) is 0 Å². The third-order valence-corrected chi connectivity index (χ3v) is 5.71. The molecule has 0 aliphatic carbocycles. The summed E-state index contributed by atoms with van der Waals surface area (Å²) >= 11 is 0. The molecule has 1 aliphatic heterocycles. The summed E-state index contributed by atoms with van der Waals surface area (Å²) in [5.74, 6) is 0.195. The van der Waals surface area contributed by atoms with Crippen LogP contribution in [0, 0.1) is 0 Å². The number of phenols is 1. The predicted octanol–water partition coefficient (Wildman–Crippen LogP) is 1.52. The number of hydrogen-bond acceptors (Lipinski definition) is 4. The standard InChI is InChI=1S/C14H22N2O4S/c1-10(21(18,19)20)7-9-16(2)8-3-4-11-12(15)5-6-13(17)14(11)16/h5-6,10H,3-4,7-9,15H2,1-2H3,(H-,17,18,19,20)/p+1. The fraction of sp³-hybridized carbons (Fsp3) is 0.571. The van der Waals surface area contributed by atoms with Gasteiger partial charge in [0.15, 0.2) is 11.4 Å². The third kappa shape index (κ3) is 3.14. The Kier molecular flexibility index (Phi) is 4.19. The van der Waals surface area contributed by atoms with E-state index in [9.17, 15) is 13.5 Å². The first-order valence-electron chi connectivity index (χ1n) is 7.07. The zero-order valence-corrected chi connectivity index (χ0v) is 13.2. The van der Waals surface area contributed by atoms with Crippen molar-refractivity contribution in [1.29, 1.82) is 0 Å². The van der Waals surface area contributed by atoms with Gasteiger partial charge < -0.3 is 10.8 Å². The van der Waals surface area contributed by atoms with Crippen LogP contribution in [0.4, 0.5) is 11.4 Å². The Bertz CT molecular complexity index is 645. The van der Waals surface area contributed by atoms with Crippen LogP contribution >= 0.6 is 0 Å². The van der Waals surface area contributed by atoms with Gasteiger partial charge in [-0.15, -0.1) is 0 Å². The Hall–Kier alpha value is -1.31. The second kappa shape index (κ2) is 5.47. The molecule has 2 atom stereocenters. The van der Waals surface area contributed by atoms with Crippen LogP contribution in [0.1, 0.15) is 25.3 Å². The monoisotopic (exact) mass is 315 g/mol. The van der Waals surface area contributed by atoms with E-state index in [-0.39, 0.29) is 5.75 Å². The van der Waals surface area contributed by atoms with Gasteiger partial charge in [0.2, 0.25) is 0 Å². The molecule has 1 heterocycles. The maximum absolute atomic E-state index is 11.2. The smallest absolute Gasteiger partial charge is 0.267 e. The Balaban J connectivity index is 2.32. The summed E-state index contributed by atoms with van der Waals surface area (Å²) in [5.41, 5.74) is 8.39. The second-order valence-corrected chi connectivity index (χ2v) is 7.90. The fourth-order valence-corrected chi connectivity index (χ4v) is 3.46. The average Bonchev–Trinajstić information content (AvgIpc) is 2.39. The van der Waals surface area contributed by atoms with Crippen LogP contribution in [0.3, 0.4) is 0 Å². The molecule has 2 rings (SSSR count). The maximum atomic E-state index is 11.2. The molecule has 0 bridgehead atoms. The van der Waals surface area contributed by atoms with Gasteiger partial charge >= 0.3 is 0 Å². The first-order chi connectivity index (χ1) is 9.65. The van der Waals surface area contributed by atoms with Crippen molar-refractivity contribution in [2.45, 2.75) is 31.4 Å². The van der Waals surface area contributed by atoms with Gasteiger partial charge in [-0.05, 0) is 25.5 Å². The van der Waals surface area contributed by atoms with Crippen LogP contribution in [0.2, 0.25) is 0 Å². The zero-order chi connectivity index (χ0) is 15.8. The number of aromatic hydroxyl groups is 1. The normalized spacial score (nSPS) is 23.6. The molecule has 1 aliphatic rings. The molecule has 6 nitrogen and oxygen atoms in total. The van der Waals surface area contributed by atoms with E-state index in [1.807, 2.05) is 7.05 Å². The minimum absolute atomic E-state index is 0.195. The first-order valence-corrected chi connectivity index (χ1v) is 8.57. The van der Waals surface area contributed by atoms with E-state index in [0.717, 1.165) is 30.6 Å². The lowest BCUT2D eigenvalue weighted by Crippen LogP contribution is -2.50. The highest BCUT2D eigenvalue weighted by molar-refractivity contribution is 7.86. The summed E-state index contributed by atoms with van der Waals surface area (Å²) in [4.78, 5) is 0. The molecule has 0 saturated heterocycles. The largest absolute Gasteiger partial charge is 0.503 e. The molecule has 1 aromatic rings. The second-order valence-electron chi connectivity index (χ2n) is 6.06. The number of fused-ring (bicyclic) bond motifs is 1. The molecule has 7 heteroatoms. The number of hydrogen-bond donors (Lipinski definition) is 3. The van der Waals surface area contributed by atoms with E-state index in [0.29, 0.717) is 23.1 Å². The van der Waals surface area contributed by atoms with Crippen molar-refractivity contribution in [3.05, 3.63) is 17.7 Å². The molecule has 0 amide bonds. The molecular weight excluding hydrogens is 292 g/mol. The molecule has 0 aromatic heterocycles. The number of benzene rings is 1. The Morgan fingerprint density at radius 1 is 1.43 bits per heavy atom. The maximum Gasteiger partial charge on any atom is 0.267 e. The van der Waals surface area contributed by atoms with Crippen LogP contribution in [0.25, 0.3) is 0 Å². The van der Waals surface area contributed by atoms with E-state index < -0.39 is 15.4 Å². The molecule has 2 unspecified atom stereocenters. The summed E-state index contributed by atoms with van der Waals surface area (Å²) in [6.07, 6.45) is 2.07. The molecule has 21 heavy (non-hydrogen) atoms. The Morgan fingerprint density at radius 2 is 2.10 bits per heavy atom. The lowest BCUT2D eigenvalue weighted by molar-refractivity contribution is 0.291.